The molecule has 1 saturated heterocycles. The summed E-state index contributed by atoms with van der Waals surface area (Å²) in [6.45, 7) is 7.94. The Kier molecular flexibility index (Phi) is 11.0. The van der Waals surface area contributed by atoms with E-state index in [1.54, 1.807) is 23.8 Å². The summed E-state index contributed by atoms with van der Waals surface area (Å²) in [6, 6.07) is 9.86. The lowest BCUT2D eigenvalue weighted by atomic mass is 10.2. The van der Waals surface area contributed by atoms with Crippen molar-refractivity contribution in [3.63, 3.8) is 0 Å². The Balaban J connectivity index is 1.84. The first-order chi connectivity index (χ1) is 15.4. The number of rotatable bonds is 12. The van der Waals surface area contributed by atoms with E-state index in [4.69, 9.17) is 4.74 Å². The van der Waals surface area contributed by atoms with Crippen LogP contribution in [0.2, 0.25) is 0 Å². The van der Waals surface area contributed by atoms with Crippen LogP contribution >= 0.6 is 0 Å². The van der Waals surface area contributed by atoms with Crippen molar-refractivity contribution in [3.8, 4) is 0 Å². The van der Waals surface area contributed by atoms with E-state index in [2.05, 4.69) is 17.1 Å². The normalized spacial score (nSPS) is 15.9. The number of hydrogen-bond acceptors (Lipinski definition) is 5. The molecule has 1 heterocycles. The first kappa shape index (κ1) is 25.6. The van der Waals surface area contributed by atoms with Crippen molar-refractivity contribution in [1.29, 1.82) is 0 Å². The average Bonchev–Trinajstić information content (AvgIpc) is 3.24. The number of amides is 3. The maximum Gasteiger partial charge on any atom is 0.317 e. The molecule has 3 amide bonds. The molecular weight excluding hydrogens is 408 g/mol. The zero-order valence-corrected chi connectivity index (χ0v) is 19.7. The van der Waals surface area contributed by atoms with E-state index in [9.17, 15) is 14.4 Å². The molecular formula is C24H38N4O4. The van der Waals surface area contributed by atoms with Crippen LogP contribution in [0, 0.1) is 0 Å². The third-order valence-electron chi connectivity index (χ3n) is 5.80. The van der Waals surface area contributed by atoms with Gasteiger partial charge in [0.05, 0.1) is 13.0 Å². The van der Waals surface area contributed by atoms with Crippen molar-refractivity contribution >= 4 is 17.9 Å². The lowest BCUT2D eigenvalue weighted by Gasteiger charge is -2.30. The molecule has 8 nitrogen and oxygen atoms in total. The second kappa shape index (κ2) is 13.7. The van der Waals surface area contributed by atoms with Gasteiger partial charge in [-0.1, -0.05) is 37.3 Å². The van der Waals surface area contributed by atoms with Crippen molar-refractivity contribution in [2.24, 2.45) is 0 Å². The lowest BCUT2D eigenvalue weighted by Crippen LogP contribution is -2.45. The molecule has 0 radical (unpaired) electrons. The van der Waals surface area contributed by atoms with E-state index in [0.29, 0.717) is 32.3 Å². The first-order valence-corrected chi connectivity index (χ1v) is 11.6. The Morgan fingerprint density at radius 2 is 1.91 bits per heavy atom. The Labute approximate surface area is 191 Å². The van der Waals surface area contributed by atoms with Crippen LogP contribution in [0.25, 0.3) is 0 Å². The molecule has 1 unspecified atom stereocenters. The molecule has 178 valence electrons. The minimum atomic E-state index is -0.292. The van der Waals surface area contributed by atoms with E-state index >= 15 is 0 Å². The van der Waals surface area contributed by atoms with E-state index in [-0.39, 0.29) is 37.3 Å². The highest BCUT2D eigenvalue weighted by Crippen LogP contribution is 2.18. The molecule has 1 atom stereocenters. The molecule has 1 aliphatic rings. The minimum Gasteiger partial charge on any atom is -0.466 e. The molecule has 1 aliphatic heterocycles. The second-order valence-electron chi connectivity index (χ2n) is 8.14. The number of hydrogen-bond donors (Lipinski definition) is 1. The van der Waals surface area contributed by atoms with Gasteiger partial charge in [0.2, 0.25) is 5.91 Å². The second-order valence-corrected chi connectivity index (χ2v) is 8.14. The van der Waals surface area contributed by atoms with Gasteiger partial charge in [0.15, 0.2) is 0 Å². The number of esters is 1. The van der Waals surface area contributed by atoms with Crippen molar-refractivity contribution in [2.45, 2.75) is 52.1 Å². The van der Waals surface area contributed by atoms with Crippen LogP contribution in [-0.4, -0.2) is 85.0 Å². The van der Waals surface area contributed by atoms with Crippen LogP contribution in [0.4, 0.5) is 4.79 Å². The van der Waals surface area contributed by atoms with Crippen LogP contribution in [0.15, 0.2) is 30.3 Å². The number of nitrogens with one attached hydrogen (secondary N) is 1. The number of carbonyl (C=O) groups excluding carboxylic acids is 3. The van der Waals surface area contributed by atoms with Gasteiger partial charge in [0.1, 0.15) is 0 Å². The molecule has 8 heteroatoms. The molecule has 0 saturated carbocycles. The smallest absolute Gasteiger partial charge is 0.317 e. The van der Waals surface area contributed by atoms with Gasteiger partial charge in [-0.05, 0) is 38.4 Å². The molecule has 2 rings (SSSR count). The van der Waals surface area contributed by atoms with Gasteiger partial charge in [0, 0.05) is 45.7 Å². The number of benzene rings is 1. The predicted octanol–water partition coefficient (Wildman–Crippen LogP) is 2.48. The fourth-order valence-corrected chi connectivity index (χ4v) is 4.05. The summed E-state index contributed by atoms with van der Waals surface area (Å²) >= 11 is 0. The third-order valence-corrected chi connectivity index (χ3v) is 5.80. The van der Waals surface area contributed by atoms with Crippen LogP contribution in [-0.2, 0) is 20.9 Å². The largest absolute Gasteiger partial charge is 0.466 e. The SMILES string of the molecule is CCOC(=O)CCN(CC1CCCN1CC)C(=O)CCNC(=O)N(C)Cc1ccccc1. The van der Waals surface area contributed by atoms with Gasteiger partial charge in [-0.3, -0.25) is 14.5 Å². The number of carbonyl (C=O) groups is 3. The standard InChI is InChI=1S/C24H38N4O4/c1-4-27-16-9-12-21(27)19-28(17-14-23(30)32-5-2)22(29)13-15-25-24(31)26(3)18-20-10-7-6-8-11-20/h6-8,10-11,21H,4-5,9,12-19H2,1-3H3,(H,25,31). The highest BCUT2D eigenvalue weighted by molar-refractivity contribution is 5.79. The van der Waals surface area contributed by atoms with E-state index in [0.717, 1.165) is 31.5 Å². The van der Waals surface area contributed by atoms with Gasteiger partial charge in [-0.25, -0.2) is 4.79 Å². The topological polar surface area (TPSA) is 82.2 Å². The Bertz CT molecular complexity index is 728. The van der Waals surface area contributed by atoms with Crippen molar-refractivity contribution in [3.05, 3.63) is 35.9 Å². The molecule has 0 aliphatic carbocycles. The number of nitrogens with zero attached hydrogens (tertiary/aromatic N) is 3. The summed E-state index contributed by atoms with van der Waals surface area (Å²) in [7, 11) is 1.73. The highest BCUT2D eigenvalue weighted by Gasteiger charge is 2.27. The molecule has 0 bridgehead atoms. The van der Waals surface area contributed by atoms with Gasteiger partial charge >= 0.3 is 12.0 Å². The van der Waals surface area contributed by atoms with Gasteiger partial charge in [-0.2, -0.15) is 0 Å². The van der Waals surface area contributed by atoms with Gasteiger partial charge in [0.25, 0.3) is 0 Å². The third kappa shape index (κ3) is 8.49. The van der Waals surface area contributed by atoms with E-state index in [1.807, 2.05) is 30.3 Å². The average molecular weight is 447 g/mol. The number of urea groups is 1. The minimum absolute atomic E-state index is 0.0525. The maximum atomic E-state index is 12.9. The first-order valence-electron chi connectivity index (χ1n) is 11.6. The lowest BCUT2D eigenvalue weighted by molar-refractivity contribution is -0.144. The van der Waals surface area contributed by atoms with Crippen LogP contribution in [0.3, 0.4) is 0 Å². The van der Waals surface area contributed by atoms with Crippen LogP contribution in [0.1, 0.15) is 45.1 Å². The Hall–Kier alpha value is -2.61. The molecule has 1 aromatic carbocycles. The van der Waals surface area contributed by atoms with Crippen LogP contribution in [0.5, 0.6) is 0 Å². The molecule has 32 heavy (non-hydrogen) atoms. The van der Waals surface area contributed by atoms with Crippen molar-refractivity contribution < 1.29 is 19.1 Å². The molecule has 1 aromatic rings. The summed E-state index contributed by atoms with van der Waals surface area (Å²) in [5, 5.41) is 2.82. The van der Waals surface area contributed by atoms with E-state index in [1.165, 1.54) is 0 Å². The summed E-state index contributed by atoms with van der Waals surface area (Å²) in [4.78, 5) is 42.9. The maximum absolute atomic E-state index is 12.9. The molecule has 1 fully saturated rings. The molecule has 0 spiro atoms. The van der Waals surface area contributed by atoms with Gasteiger partial charge in [-0.15, -0.1) is 0 Å². The quantitative estimate of drug-likeness (QED) is 0.499. The number of likely N-dealkylation sites (N-methyl/N-ethyl adjacent to an activating group) is 1. The summed E-state index contributed by atoms with van der Waals surface area (Å²) in [5.41, 5.74) is 1.04. The van der Waals surface area contributed by atoms with E-state index < -0.39 is 0 Å². The predicted molar refractivity (Wildman–Crippen MR) is 124 cm³/mol. The summed E-state index contributed by atoms with van der Waals surface area (Å²) < 4.78 is 5.02. The summed E-state index contributed by atoms with van der Waals surface area (Å²) in [6.07, 6.45) is 2.57. The highest BCUT2D eigenvalue weighted by atomic mass is 16.5. The van der Waals surface area contributed by atoms with Crippen LogP contribution < -0.4 is 5.32 Å². The fraction of sp³-hybridized carbons (Fsp3) is 0.625. The van der Waals surface area contributed by atoms with Gasteiger partial charge < -0.3 is 19.9 Å². The number of likely N-dealkylation sites (tertiary alicyclic amines) is 1. The number of ether oxygens (including phenoxy) is 1. The monoisotopic (exact) mass is 446 g/mol. The van der Waals surface area contributed by atoms with Crippen molar-refractivity contribution in [1.82, 2.24) is 20.0 Å². The fourth-order valence-electron chi connectivity index (χ4n) is 4.05. The Morgan fingerprint density at radius 3 is 2.59 bits per heavy atom. The zero-order chi connectivity index (χ0) is 23.3. The van der Waals surface area contributed by atoms with Crippen molar-refractivity contribution in [2.75, 3.05) is 46.4 Å². The molecule has 0 aromatic heterocycles. The Morgan fingerprint density at radius 1 is 1.16 bits per heavy atom. The molecule has 1 N–H and O–H groups in total. The zero-order valence-electron chi connectivity index (χ0n) is 19.7. The summed E-state index contributed by atoms with van der Waals surface area (Å²) in [5.74, 6) is -0.344.